The first kappa shape index (κ1) is 35.5. The van der Waals surface area contributed by atoms with Gasteiger partial charge in [-0.05, 0) is 115 Å². The molecular formula is C61H39NO. The molecule has 0 atom stereocenters. The van der Waals surface area contributed by atoms with Crippen molar-refractivity contribution in [3.8, 4) is 55.6 Å². The van der Waals surface area contributed by atoms with Gasteiger partial charge in [0.2, 0.25) is 0 Å². The fourth-order valence-electron chi connectivity index (χ4n) is 10.8. The minimum Gasteiger partial charge on any atom is -0.454 e. The molecule has 0 saturated heterocycles. The zero-order chi connectivity index (χ0) is 41.5. The Labute approximate surface area is 366 Å². The van der Waals surface area contributed by atoms with Crippen LogP contribution in [0.5, 0.6) is 0 Å². The molecule has 2 heteroatoms. The van der Waals surface area contributed by atoms with Crippen molar-refractivity contribution in [2.45, 2.75) is 5.41 Å². The first-order chi connectivity index (χ1) is 31.3. The molecule has 0 saturated carbocycles. The largest absolute Gasteiger partial charge is 0.454 e. The third-order valence-corrected chi connectivity index (χ3v) is 13.5. The summed E-state index contributed by atoms with van der Waals surface area (Å²) in [5.41, 5.74) is 21.4. The van der Waals surface area contributed by atoms with Crippen molar-refractivity contribution in [3.63, 3.8) is 0 Å². The van der Waals surface area contributed by atoms with E-state index in [0.29, 0.717) is 0 Å². The highest BCUT2D eigenvalue weighted by Gasteiger charge is 2.54. The monoisotopic (exact) mass is 801 g/mol. The maximum absolute atomic E-state index is 7.25. The summed E-state index contributed by atoms with van der Waals surface area (Å²) < 4.78 is 7.25. The summed E-state index contributed by atoms with van der Waals surface area (Å²) in [6, 6.07) is 86.4. The van der Waals surface area contributed by atoms with Gasteiger partial charge in [0, 0.05) is 27.7 Å². The molecule has 1 aromatic heterocycles. The van der Waals surface area contributed by atoms with Gasteiger partial charge in [-0.1, -0.05) is 194 Å². The quantitative estimate of drug-likeness (QED) is 0.167. The van der Waals surface area contributed by atoms with Crippen LogP contribution >= 0.6 is 0 Å². The standard InChI is InChI=1S/C61H39NO/c1-4-16-40(17-5-1)43-28-33-46(34-29-43)62(47-35-30-44(31-36-47)41-18-6-2-7-19-41)59-58-52(39-53-51-24-12-15-27-57(51)63-60(53)59)50-37-32-45(42-20-8-3-9-21-42)38-56(50)61(58)54-25-13-10-22-48(54)49-23-11-14-26-55(49)61/h1-39H. The van der Waals surface area contributed by atoms with E-state index in [-0.39, 0.29) is 0 Å². The lowest BCUT2D eigenvalue weighted by Gasteiger charge is -2.36. The molecule has 13 rings (SSSR count). The molecule has 0 N–H and O–H groups in total. The Hall–Kier alpha value is -8.20. The lowest BCUT2D eigenvalue weighted by atomic mass is 9.69. The Morgan fingerprint density at radius 1 is 0.317 bits per heavy atom. The number of furan rings is 1. The summed E-state index contributed by atoms with van der Waals surface area (Å²) >= 11 is 0. The molecule has 0 unspecified atom stereocenters. The molecule has 0 amide bonds. The summed E-state index contributed by atoms with van der Waals surface area (Å²) in [6.45, 7) is 0. The van der Waals surface area contributed by atoms with Crippen molar-refractivity contribution >= 4 is 39.0 Å². The molecular weight excluding hydrogens is 763 g/mol. The molecule has 11 aromatic rings. The number of para-hydroxylation sites is 1. The number of fused-ring (bicyclic) bond motifs is 13. The SMILES string of the molecule is c1ccc(-c2ccc(N(c3ccc(-c4ccccc4)cc3)c3c4c(cc5c3oc3ccccc35)-c3ccc(-c5ccccc5)cc3C43c4ccccc4-c4ccccc43)cc2)cc1. The lowest BCUT2D eigenvalue weighted by Crippen LogP contribution is -2.28. The van der Waals surface area contributed by atoms with Crippen molar-refractivity contribution in [1.82, 2.24) is 0 Å². The molecule has 2 nitrogen and oxygen atoms in total. The molecule has 63 heavy (non-hydrogen) atoms. The van der Waals surface area contributed by atoms with Crippen LogP contribution < -0.4 is 4.90 Å². The Morgan fingerprint density at radius 3 is 1.33 bits per heavy atom. The van der Waals surface area contributed by atoms with Gasteiger partial charge in [-0.15, -0.1) is 0 Å². The fourth-order valence-corrected chi connectivity index (χ4v) is 10.8. The fraction of sp³-hybridized carbons (Fsp3) is 0.0164. The molecule has 10 aromatic carbocycles. The Balaban J connectivity index is 1.18. The van der Waals surface area contributed by atoms with Crippen LogP contribution in [0.3, 0.4) is 0 Å². The minimum atomic E-state index is -0.669. The zero-order valence-electron chi connectivity index (χ0n) is 34.4. The molecule has 2 aliphatic carbocycles. The highest BCUT2D eigenvalue weighted by Crippen LogP contribution is 2.67. The number of hydrogen-bond donors (Lipinski definition) is 0. The van der Waals surface area contributed by atoms with E-state index in [1.807, 2.05) is 0 Å². The van der Waals surface area contributed by atoms with Crippen molar-refractivity contribution in [2.75, 3.05) is 4.90 Å². The normalized spacial score (nSPS) is 12.9. The Kier molecular flexibility index (Phi) is 7.85. The molecule has 294 valence electrons. The minimum absolute atomic E-state index is 0.669. The van der Waals surface area contributed by atoms with E-state index < -0.39 is 5.41 Å². The number of rotatable bonds is 6. The van der Waals surface area contributed by atoms with Crippen LogP contribution in [0.15, 0.2) is 241 Å². The van der Waals surface area contributed by atoms with Gasteiger partial charge >= 0.3 is 0 Å². The maximum Gasteiger partial charge on any atom is 0.159 e. The van der Waals surface area contributed by atoms with Crippen LogP contribution in [0.25, 0.3) is 77.6 Å². The second-order valence-corrected chi connectivity index (χ2v) is 16.8. The van der Waals surface area contributed by atoms with Gasteiger partial charge in [0.25, 0.3) is 0 Å². The van der Waals surface area contributed by atoms with Crippen LogP contribution in [-0.2, 0) is 5.41 Å². The summed E-state index contributed by atoms with van der Waals surface area (Å²) in [7, 11) is 0. The molecule has 0 bridgehead atoms. The van der Waals surface area contributed by atoms with E-state index in [1.165, 1.54) is 77.9 Å². The van der Waals surface area contributed by atoms with Gasteiger partial charge in [-0.25, -0.2) is 0 Å². The van der Waals surface area contributed by atoms with Crippen LogP contribution in [-0.4, -0.2) is 0 Å². The van der Waals surface area contributed by atoms with Crippen LogP contribution in [0.2, 0.25) is 0 Å². The predicted molar refractivity (Wildman–Crippen MR) is 261 cm³/mol. The van der Waals surface area contributed by atoms with E-state index in [4.69, 9.17) is 4.42 Å². The zero-order valence-corrected chi connectivity index (χ0v) is 34.4. The van der Waals surface area contributed by atoms with Crippen molar-refractivity contribution in [1.29, 1.82) is 0 Å². The smallest absolute Gasteiger partial charge is 0.159 e. The Bertz CT molecular complexity index is 3400. The maximum atomic E-state index is 7.25. The first-order valence-electron chi connectivity index (χ1n) is 21.8. The van der Waals surface area contributed by atoms with Crippen LogP contribution in [0.1, 0.15) is 22.3 Å². The molecule has 1 spiro atoms. The molecule has 0 aliphatic heterocycles. The average Bonchev–Trinajstić information content (AvgIpc) is 3.99. The van der Waals surface area contributed by atoms with Crippen molar-refractivity contribution in [3.05, 3.63) is 259 Å². The average molecular weight is 802 g/mol. The van der Waals surface area contributed by atoms with Crippen LogP contribution in [0.4, 0.5) is 17.1 Å². The number of nitrogens with zero attached hydrogens (tertiary/aromatic N) is 1. The summed E-state index contributed by atoms with van der Waals surface area (Å²) in [5, 5.41) is 2.20. The van der Waals surface area contributed by atoms with Gasteiger partial charge in [0.15, 0.2) is 5.58 Å². The van der Waals surface area contributed by atoms with Crippen molar-refractivity contribution in [2.24, 2.45) is 0 Å². The van der Waals surface area contributed by atoms with E-state index in [2.05, 4.69) is 241 Å². The third kappa shape index (κ3) is 5.25. The van der Waals surface area contributed by atoms with E-state index in [1.54, 1.807) is 0 Å². The van der Waals surface area contributed by atoms with Gasteiger partial charge in [-0.2, -0.15) is 0 Å². The van der Waals surface area contributed by atoms with E-state index >= 15 is 0 Å². The van der Waals surface area contributed by atoms with E-state index in [0.717, 1.165) is 39.0 Å². The lowest BCUT2D eigenvalue weighted by molar-refractivity contribution is 0.667. The molecule has 0 radical (unpaired) electrons. The third-order valence-electron chi connectivity index (χ3n) is 13.5. The second-order valence-electron chi connectivity index (χ2n) is 16.8. The number of hydrogen-bond acceptors (Lipinski definition) is 2. The topological polar surface area (TPSA) is 16.4 Å². The summed E-state index contributed by atoms with van der Waals surface area (Å²) in [5.74, 6) is 0. The summed E-state index contributed by atoms with van der Waals surface area (Å²) in [4.78, 5) is 2.47. The number of anilines is 3. The van der Waals surface area contributed by atoms with E-state index in [9.17, 15) is 0 Å². The highest BCUT2D eigenvalue weighted by atomic mass is 16.3. The van der Waals surface area contributed by atoms with Crippen molar-refractivity contribution < 1.29 is 4.42 Å². The van der Waals surface area contributed by atoms with Gasteiger partial charge < -0.3 is 9.32 Å². The first-order valence-corrected chi connectivity index (χ1v) is 21.8. The van der Waals surface area contributed by atoms with Gasteiger partial charge in [0.1, 0.15) is 5.58 Å². The second kappa shape index (κ2) is 13.9. The molecule has 0 fully saturated rings. The predicted octanol–water partition coefficient (Wildman–Crippen LogP) is 16.4. The van der Waals surface area contributed by atoms with Gasteiger partial charge in [0.05, 0.1) is 11.1 Å². The van der Waals surface area contributed by atoms with Crippen LogP contribution in [0, 0.1) is 0 Å². The highest BCUT2D eigenvalue weighted by molar-refractivity contribution is 6.16. The number of benzene rings is 10. The summed E-state index contributed by atoms with van der Waals surface area (Å²) in [6.07, 6.45) is 0. The van der Waals surface area contributed by atoms with Gasteiger partial charge in [-0.3, -0.25) is 0 Å². The molecule has 2 aliphatic rings. The molecule has 1 heterocycles. The Morgan fingerprint density at radius 2 is 0.762 bits per heavy atom.